The molecule has 7 heteroatoms. The Morgan fingerprint density at radius 2 is 1.80 bits per heavy atom. The Morgan fingerprint density at radius 1 is 1.08 bits per heavy atom. The van der Waals surface area contributed by atoms with E-state index in [-0.39, 0.29) is 5.82 Å². The van der Waals surface area contributed by atoms with E-state index in [1.807, 2.05) is 24.2 Å². The highest BCUT2D eigenvalue weighted by atomic mass is 19.1. The summed E-state index contributed by atoms with van der Waals surface area (Å²) in [5, 5.41) is 0. The SMILES string of the molecule is CN1C=CN(C2CCN(c3ncc(N)cn3)CC2)c2ccc(F)cc21. The van der Waals surface area contributed by atoms with Gasteiger partial charge < -0.3 is 20.4 Å². The molecule has 2 aliphatic rings. The van der Waals surface area contributed by atoms with Crippen LogP contribution in [0.3, 0.4) is 0 Å². The van der Waals surface area contributed by atoms with Crippen molar-refractivity contribution in [3.05, 3.63) is 48.8 Å². The third kappa shape index (κ3) is 2.97. The maximum atomic E-state index is 13.6. The molecule has 4 rings (SSSR count). The van der Waals surface area contributed by atoms with Crippen molar-refractivity contribution >= 4 is 23.0 Å². The molecule has 6 nitrogen and oxygen atoms in total. The summed E-state index contributed by atoms with van der Waals surface area (Å²) in [7, 11) is 1.94. The summed E-state index contributed by atoms with van der Waals surface area (Å²) in [6.45, 7) is 1.76. The highest BCUT2D eigenvalue weighted by Gasteiger charge is 2.28. The first kappa shape index (κ1) is 15.7. The Labute approximate surface area is 146 Å². The number of nitrogens with two attached hydrogens (primary N) is 1. The number of nitrogens with zero attached hydrogens (tertiary/aromatic N) is 5. The number of fused-ring (bicyclic) bond motifs is 1. The molecule has 2 N–H and O–H groups in total. The van der Waals surface area contributed by atoms with E-state index in [2.05, 4.69) is 26.0 Å². The Balaban J connectivity index is 1.49. The lowest BCUT2D eigenvalue weighted by Crippen LogP contribution is -2.44. The standard InChI is InChI=1S/C18H21FN6/c1-23-8-9-25(16-3-2-13(19)10-17(16)23)15-4-6-24(7-5-15)18-21-11-14(20)12-22-18/h2-3,8-12,15H,4-7,20H2,1H3. The first-order valence-electron chi connectivity index (χ1n) is 8.43. The number of halogens is 1. The second kappa shape index (κ2) is 6.23. The van der Waals surface area contributed by atoms with Gasteiger partial charge in [0.25, 0.3) is 0 Å². The number of hydrogen-bond donors (Lipinski definition) is 1. The molecule has 0 unspecified atom stereocenters. The Morgan fingerprint density at radius 3 is 2.52 bits per heavy atom. The summed E-state index contributed by atoms with van der Waals surface area (Å²) in [5.41, 5.74) is 8.17. The van der Waals surface area contributed by atoms with E-state index in [9.17, 15) is 4.39 Å². The van der Waals surface area contributed by atoms with E-state index in [0.717, 1.165) is 43.3 Å². The second-order valence-corrected chi connectivity index (χ2v) is 6.48. The van der Waals surface area contributed by atoms with E-state index < -0.39 is 0 Å². The maximum Gasteiger partial charge on any atom is 0.225 e. The highest BCUT2D eigenvalue weighted by Crippen LogP contribution is 2.36. The third-order valence-electron chi connectivity index (χ3n) is 4.85. The molecule has 3 heterocycles. The van der Waals surface area contributed by atoms with Crippen molar-refractivity contribution < 1.29 is 4.39 Å². The summed E-state index contributed by atoms with van der Waals surface area (Å²) in [5.74, 6) is 0.514. The zero-order valence-corrected chi connectivity index (χ0v) is 14.1. The summed E-state index contributed by atoms with van der Waals surface area (Å²) in [4.78, 5) is 15.0. The van der Waals surface area contributed by atoms with Crippen molar-refractivity contribution in [3.63, 3.8) is 0 Å². The van der Waals surface area contributed by atoms with Crippen LogP contribution in [-0.4, -0.2) is 36.1 Å². The minimum atomic E-state index is -0.212. The average Bonchev–Trinajstić information content (AvgIpc) is 2.63. The minimum Gasteiger partial charge on any atom is -0.396 e. The number of anilines is 4. The molecule has 0 saturated carbocycles. The van der Waals surface area contributed by atoms with Gasteiger partial charge in [-0.3, -0.25) is 0 Å². The number of rotatable bonds is 2. The van der Waals surface area contributed by atoms with E-state index in [0.29, 0.717) is 11.7 Å². The Hall–Kier alpha value is -2.83. The van der Waals surface area contributed by atoms with Crippen molar-refractivity contribution in [1.82, 2.24) is 9.97 Å². The number of nitrogen functional groups attached to an aromatic ring is 1. The van der Waals surface area contributed by atoms with Crippen LogP contribution >= 0.6 is 0 Å². The van der Waals surface area contributed by atoms with Gasteiger partial charge in [0.05, 0.1) is 29.5 Å². The molecule has 2 aromatic rings. The van der Waals surface area contributed by atoms with Crippen LogP contribution in [0.1, 0.15) is 12.8 Å². The van der Waals surface area contributed by atoms with Gasteiger partial charge in [-0.1, -0.05) is 0 Å². The quantitative estimate of drug-likeness (QED) is 0.907. The summed E-state index contributed by atoms with van der Waals surface area (Å²) in [6, 6.07) is 5.35. The smallest absolute Gasteiger partial charge is 0.225 e. The molecule has 1 aromatic carbocycles. The first-order valence-corrected chi connectivity index (χ1v) is 8.43. The largest absolute Gasteiger partial charge is 0.396 e. The van der Waals surface area contributed by atoms with Crippen molar-refractivity contribution in [2.24, 2.45) is 0 Å². The molecule has 0 bridgehead atoms. The first-order chi connectivity index (χ1) is 12.1. The van der Waals surface area contributed by atoms with Gasteiger partial charge in [0.2, 0.25) is 5.95 Å². The predicted octanol–water partition coefficient (Wildman–Crippen LogP) is 2.59. The molecule has 0 radical (unpaired) electrons. The summed E-state index contributed by atoms with van der Waals surface area (Å²) >= 11 is 0. The van der Waals surface area contributed by atoms with Gasteiger partial charge in [0.15, 0.2) is 0 Å². The van der Waals surface area contributed by atoms with Gasteiger partial charge >= 0.3 is 0 Å². The molecule has 0 spiro atoms. The lowest BCUT2D eigenvalue weighted by atomic mass is 10.0. The maximum absolute atomic E-state index is 13.6. The van der Waals surface area contributed by atoms with Crippen molar-refractivity contribution in [2.75, 3.05) is 40.6 Å². The zero-order valence-electron chi connectivity index (χ0n) is 14.1. The molecule has 0 atom stereocenters. The van der Waals surface area contributed by atoms with Crippen LogP contribution in [0.5, 0.6) is 0 Å². The molecule has 25 heavy (non-hydrogen) atoms. The lowest BCUT2D eigenvalue weighted by molar-refractivity contribution is 0.484. The van der Waals surface area contributed by atoms with E-state index >= 15 is 0 Å². The average molecular weight is 340 g/mol. The van der Waals surface area contributed by atoms with Crippen LogP contribution in [0.15, 0.2) is 43.0 Å². The number of hydrogen-bond acceptors (Lipinski definition) is 6. The van der Waals surface area contributed by atoms with Crippen LogP contribution in [0.4, 0.5) is 27.4 Å². The minimum absolute atomic E-state index is 0.212. The zero-order chi connectivity index (χ0) is 17.4. The molecule has 0 aliphatic carbocycles. The molecule has 1 aromatic heterocycles. The summed E-state index contributed by atoms with van der Waals surface area (Å²) in [6.07, 6.45) is 9.32. The van der Waals surface area contributed by atoms with Crippen LogP contribution in [-0.2, 0) is 0 Å². The van der Waals surface area contributed by atoms with E-state index in [1.54, 1.807) is 18.5 Å². The van der Waals surface area contributed by atoms with E-state index in [4.69, 9.17) is 5.73 Å². The van der Waals surface area contributed by atoms with Crippen molar-refractivity contribution in [1.29, 1.82) is 0 Å². The fraction of sp³-hybridized carbons (Fsp3) is 0.333. The van der Waals surface area contributed by atoms with Crippen molar-refractivity contribution in [3.8, 4) is 0 Å². The van der Waals surface area contributed by atoms with Gasteiger partial charge in [-0.25, -0.2) is 14.4 Å². The Bertz CT molecular complexity index is 783. The molecule has 1 fully saturated rings. The second-order valence-electron chi connectivity index (χ2n) is 6.48. The number of piperidine rings is 1. The molecule has 2 aliphatic heterocycles. The molecule has 130 valence electrons. The predicted molar refractivity (Wildman–Crippen MR) is 98.1 cm³/mol. The summed E-state index contributed by atoms with van der Waals surface area (Å²) < 4.78 is 13.6. The number of aromatic nitrogens is 2. The Kier molecular flexibility index (Phi) is 3.91. The monoisotopic (exact) mass is 340 g/mol. The van der Waals surface area contributed by atoms with Crippen LogP contribution in [0.25, 0.3) is 0 Å². The fourth-order valence-electron chi connectivity index (χ4n) is 3.49. The van der Waals surface area contributed by atoms with Gasteiger partial charge in [0.1, 0.15) is 5.82 Å². The molecular weight excluding hydrogens is 319 g/mol. The third-order valence-corrected chi connectivity index (χ3v) is 4.85. The van der Waals surface area contributed by atoms with Gasteiger partial charge in [0, 0.05) is 38.6 Å². The van der Waals surface area contributed by atoms with Crippen LogP contribution in [0.2, 0.25) is 0 Å². The van der Waals surface area contributed by atoms with Gasteiger partial charge in [-0.15, -0.1) is 0 Å². The number of benzene rings is 1. The highest BCUT2D eigenvalue weighted by molar-refractivity contribution is 5.76. The molecule has 0 amide bonds. The molecular formula is C18H21FN6. The lowest BCUT2D eigenvalue weighted by Gasteiger charge is -2.41. The van der Waals surface area contributed by atoms with Gasteiger partial charge in [-0.05, 0) is 31.0 Å². The fourth-order valence-corrected chi connectivity index (χ4v) is 3.49. The normalized spacial score (nSPS) is 17.8. The van der Waals surface area contributed by atoms with Gasteiger partial charge in [-0.2, -0.15) is 0 Å². The van der Waals surface area contributed by atoms with Crippen LogP contribution < -0.4 is 20.4 Å². The van der Waals surface area contributed by atoms with E-state index in [1.165, 1.54) is 6.07 Å². The van der Waals surface area contributed by atoms with Crippen LogP contribution in [0, 0.1) is 5.82 Å². The topological polar surface area (TPSA) is 61.5 Å². The van der Waals surface area contributed by atoms with Crippen molar-refractivity contribution in [2.45, 2.75) is 18.9 Å². The molecule has 1 saturated heterocycles.